The maximum Gasteiger partial charge on any atom is 0.320 e. The van der Waals surface area contributed by atoms with Crippen LogP contribution in [-0.4, -0.2) is 39.0 Å². The molecular formula is C11H13N3O3S. The summed E-state index contributed by atoms with van der Waals surface area (Å²) in [6.45, 7) is 1.87. The minimum Gasteiger partial charge on any atom is -0.480 e. The number of likely N-dealkylation sites (N-methyl/N-ethyl adjacent to an activating group) is 1. The van der Waals surface area contributed by atoms with Crippen LogP contribution >= 0.6 is 11.3 Å². The molecule has 2 N–H and O–H groups in total. The molecule has 6 nitrogen and oxygen atoms in total. The predicted octanol–water partition coefficient (Wildman–Crippen LogP) is 0.889. The fourth-order valence-electron chi connectivity index (χ4n) is 1.56. The fraction of sp³-hybridized carbons (Fsp3) is 0.364. The van der Waals surface area contributed by atoms with E-state index in [2.05, 4.69) is 9.97 Å². The van der Waals surface area contributed by atoms with Crippen LogP contribution < -0.4 is 5.56 Å². The van der Waals surface area contributed by atoms with Gasteiger partial charge >= 0.3 is 5.97 Å². The number of carboxylic acid groups (broad SMARTS) is 1. The monoisotopic (exact) mass is 267 g/mol. The molecule has 0 fully saturated rings. The Kier molecular flexibility index (Phi) is 3.44. The molecule has 96 valence electrons. The zero-order valence-electron chi connectivity index (χ0n) is 10.0. The predicted molar refractivity (Wildman–Crippen MR) is 68.8 cm³/mol. The number of aromatic amines is 1. The van der Waals surface area contributed by atoms with Gasteiger partial charge in [0.05, 0.1) is 12.1 Å². The van der Waals surface area contributed by atoms with Gasteiger partial charge in [-0.15, -0.1) is 11.3 Å². The fourth-order valence-corrected chi connectivity index (χ4v) is 2.28. The van der Waals surface area contributed by atoms with E-state index >= 15 is 0 Å². The summed E-state index contributed by atoms with van der Waals surface area (Å²) in [7, 11) is 1.68. The Bertz CT molecular complexity index is 634. The van der Waals surface area contributed by atoms with E-state index in [-0.39, 0.29) is 12.1 Å². The van der Waals surface area contributed by atoms with Gasteiger partial charge in [0.1, 0.15) is 16.6 Å². The third kappa shape index (κ3) is 2.41. The first-order valence-electron chi connectivity index (χ1n) is 5.38. The summed E-state index contributed by atoms with van der Waals surface area (Å²) in [5.74, 6) is -0.432. The molecule has 0 amide bonds. The van der Waals surface area contributed by atoms with Crippen LogP contribution in [0.3, 0.4) is 0 Å². The number of rotatable bonds is 4. The van der Waals surface area contributed by atoms with E-state index < -0.39 is 12.0 Å². The van der Waals surface area contributed by atoms with Crippen molar-refractivity contribution in [1.29, 1.82) is 0 Å². The normalized spacial score (nSPS) is 13.1. The summed E-state index contributed by atoms with van der Waals surface area (Å²) in [6, 6.07) is 1.15. The van der Waals surface area contributed by atoms with E-state index in [4.69, 9.17) is 5.11 Å². The molecule has 2 heterocycles. The second-order valence-electron chi connectivity index (χ2n) is 4.08. The van der Waals surface area contributed by atoms with Crippen LogP contribution in [0.1, 0.15) is 12.7 Å². The lowest BCUT2D eigenvalue weighted by molar-refractivity contribution is -0.142. The second kappa shape index (κ2) is 4.87. The first-order chi connectivity index (χ1) is 8.49. The zero-order chi connectivity index (χ0) is 13.3. The lowest BCUT2D eigenvalue weighted by atomic mass is 10.3. The standard InChI is InChI=1S/C11H13N3O3S/c1-6(11(16)17)14(2)5-8-12-7-3-4-18-9(7)10(15)13-8/h3-4,6H,5H2,1-2H3,(H,16,17)(H,12,13,15). The molecular weight excluding hydrogens is 254 g/mol. The van der Waals surface area contributed by atoms with Crippen LogP contribution in [0, 0.1) is 0 Å². The second-order valence-corrected chi connectivity index (χ2v) is 4.99. The molecule has 2 aromatic rings. The lowest BCUT2D eigenvalue weighted by Crippen LogP contribution is -2.36. The van der Waals surface area contributed by atoms with Crippen molar-refractivity contribution in [3.05, 3.63) is 27.6 Å². The number of aliphatic carboxylic acids is 1. The minimum atomic E-state index is -0.906. The molecule has 0 aromatic carbocycles. The maximum atomic E-state index is 11.7. The van der Waals surface area contributed by atoms with E-state index in [0.29, 0.717) is 16.0 Å². The Morgan fingerprint density at radius 1 is 1.67 bits per heavy atom. The molecule has 0 aliphatic heterocycles. The minimum absolute atomic E-state index is 0.179. The number of H-pyrrole nitrogens is 1. The van der Waals surface area contributed by atoms with Gasteiger partial charge in [-0.25, -0.2) is 4.98 Å². The van der Waals surface area contributed by atoms with E-state index in [1.807, 2.05) is 0 Å². The largest absolute Gasteiger partial charge is 0.480 e. The number of fused-ring (bicyclic) bond motifs is 1. The van der Waals surface area contributed by atoms with Crippen LogP contribution in [0.15, 0.2) is 16.2 Å². The highest BCUT2D eigenvalue weighted by molar-refractivity contribution is 7.17. The van der Waals surface area contributed by atoms with Crippen LogP contribution in [0.4, 0.5) is 0 Å². The Morgan fingerprint density at radius 3 is 3.06 bits per heavy atom. The Balaban J connectivity index is 2.27. The lowest BCUT2D eigenvalue weighted by Gasteiger charge is -2.20. The van der Waals surface area contributed by atoms with Gasteiger partial charge in [0, 0.05) is 0 Å². The number of carbonyl (C=O) groups is 1. The Labute approximate surface area is 107 Å². The summed E-state index contributed by atoms with van der Waals surface area (Å²) >= 11 is 1.34. The molecule has 0 saturated carbocycles. The molecule has 7 heteroatoms. The zero-order valence-corrected chi connectivity index (χ0v) is 10.8. The van der Waals surface area contributed by atoms with Gasteiger partial charge < -0.3 is 10.1 Å². The highest BCUT2D eigenvalue weighted by atomic mass is 32.1. The van der Waals surface area contributed by atoms with Gasteiger partial charge in [-0.3, -0.25) is 14.5 Å². The summed E-state index contributed by atoms with van der Waals surface area (Å²) in [5.41, 5.74) is 0.469. The van der Waals surface area contributed by atoms with Crippen molar-refractivity contribution in [3.8, 4) is 0 Å². The van der Waals surface area contributed by atoms with Crippen molar-refractivity contribution in [2.75, 3.05) is 7.05 Å². The Hall–Kier alpha value is -1.73. The average molecular weight is 267 g/mol. The molecule has 0 radical (unpaired) electrons. The van der Waals surface area contributed by atoms with Crippen molar-refractivity contribution >= 4 is 27.5 Å². The molecule has 2 aromatic heterocycles. The van der Waals surface area contributed by atoms with E-state index in [1.165, 1.54) is 11.3 Å². The highest BCUT2D eigenvalue weighted by Crippen LogP contribution is 2.14. The average Bonchev–Trinajstić information content (AvgIpc) is 2.76. The van der Waals surface area contributed by atoms with Gasteiger partial charge in [-0.1, -0.05) is 0 Å². The van der Waals surface area contributed by atoms with Crippen LogP contribution in [-0.2, 0) is 11.3 Å². The molecule has 0 bridgehead atoms. The molecule has 0 aliphatic carbocycles. The first-order valence-corrected chi connectivity index (χ1v) is 6.26. The van der Waals surface area contributed by atoms with Gasteiger partial charge in [0.25, 0.3) is 5.56 Å². The number of carboxylic acids is 1. The molecule has 2 rings (SSSR count). The summed E-state index contributed by atoms with van der Waals surface area (Å²) in [5, 5.41) is 10.7. The number of nitrogens with one attached hydrogen (secondary N) is 1. The van der Waals surface area contributed by atoms with E-state index in [0.717, 1.165) is 0 Å². The van der Waals surface area contributed by atoms with Crippen molar-refractivity contribution < 1.29 is 9.90 Å². The number of thiophene rings is 1. The summed E-state index contributed by atoms with van der Waals surface area (Å²) < 4.78 is 0.590. The Morgan fingerprint density at radius 2 is 2.39 bits per heavy atom. The summed E-state index contributed by atoms with van der Waals surface area (Å²) in [4.78, 5) is 31.1. The first kappa shape index (κ1) is 12.7. The SMILES string of the molecule is CC(C(=O)O)N(C)Cc1nc2ccsc2c(=O)[nH]1. The van der Waals surface area contributed by atoms with Crippen LogP contribution in [0.5, 0.6) is 0 Å². The van der Waals surface area contributed by atoms with Crippen molar-refractivity contribution in [2.45, 2.75) is 19.5 Å². The number of nitrogens with zero attached hydrogens (tertiary/aromatic N) is 2. The molecule has 0 aliphatic rings. The number of hydrogen-bond acceptors (Lipinski definition) is 5. The van der Waals surface area contributed by atoms with Crippen molar-refractivity contribution in [3.63, 3.8) is 0 Å². The maximum absolute atomic E-state index is 11.7. The van der Waals surface area contributed by atoms with Crippen LogP contribution in [0.2, 0.25) is 0 Å². The molecule has 1 atom stereocenters. The quantitative estimate of drug-likeness (QED) is 0.859. The third-order valence-corrected chi connectivity index (χ3v) is 3.68. The van der Waals surface area contributed by atoms with Gasteiger partial charge in [0.2, 0.25) is 0 Å². The van der Waals surface area contributed by atoms with E-state index in [9.17, 15) is 9.59 Å². The highest BCUT2D eigenvalue weighted by Gasteiger charge is 2.18. The topological polar surface area (TPSA) is 86.3 Å². The van der Waals surface area contributed by atoms with Gasteiger partial charge in [0.15, 0.2) is 0 Å². The number of hydrogen-bond donors (Lipinski definition) is 2. The van der Waals surface area contributed by atoms with Crippen LogP contribution in [0.25, 0.3) is 10.2 Å². The smallest absolute Gasteiger partial charge is 0.320 e. The van der Waals surface area contributed by atoms with Gasteiger partial charge in [-0.05, 0) is 25.4 Å². The van der Waals surface area contributed by atoms with Crippen molar-refractivity contribution in [2.24, 2.45) is 0 Å². The summed E-state index contributed by atoms with van der Waals surface area (Å²) in [6.07, 6.45) is 0. The third-order valence-electron chi connectivity index (χ3n) is 2.78. The molecule has 0 spiro atoms. The molecule has 18 heavy (non-hydrogen) atoms. The van der Waals surface area contributed by atoms with Crippen molar-refractivity contribution in [1.82, 2.24) is 14.9 Å². The molecule has 1 unspecified atom stereocenters. The molecule has 0 saturated heterocycles. The van der Waals surface area contributed by atoms with E-state index in [1.54, 1.807) is 30.3 Å². The van der Waals surface area contributed by atoms with Gasteiger partial charge in [-0.2, -0.15) is 0 Å². The number of aromatic nitrogens is 2.